The van der Waals surface area contributed by atoms with E-state index in [1.54, 1.807) is 42.5 Å². The van der Waals surface area contributed by atoms with Crippen LogP contribution in [0.4, 0.5) is 0 Å². The number of benzene rings is 3. The van der Waals surface area contributed by atoms with Crippen molar-refractivity contribution in [1.29, 1.82) is 0 Å². The van der Waals surface area contributed by atoms with Crippen LogP contribution in [-0.4, -0.2) is 5.97 Å². The van der Waals surface area contributed by atoms with E-state index in [2.05, 4.69) is 0 Å². The number of esters is 1. The molecule has 0 N–H and O–H groups in total. The summed E-state index contributed by atoms with van der Waals surface area (Å²) >= 11 is 5.90. The third kappa shape index (κ3) is 4.45. The molecule has 0 bridgehead atoms. The van der Waals surface area contributed by atoms with E-state index in [0.29, 0.717) is 21.8 Å². The number of hydrogen-bond donors (Lipinski definition) is 0. The molecule has 1 heterocycles. The number of ether oxygens (including phenoxy) is 1. The monoisotopic (exact) mass is 402 g/mol. The van der Waals surface area contributed by atoms with Crippen LogP contribution >= 0.6 is 11.6 Å². The highest BCUT2D eigenvalue weighted by atomic mass is 35.5. The first-order chi connectivity index (χ1) is 14.1. The highest BCUT2D eigenvalue weighted by Gasteiger charge is 2.09. The lowest BCUT2D eigenvalue weighted by molar-refractivity contribution is -0.128. The molecule has 0 atom stereocenters. The fraction of sp³-hybridized carbons (Fsp3) is 0. The second kappa shape index (κ2) is 8.17. The Hall–Kier alpha value is -3.63. The molecule has 1 aromatic heterocycles. The Morgan fingerprint density at radius 1 is 0.931 bits per heavy atom. The zero-order valence-electron chi connectivity index (χ0n) is 15.2. The molecule has 0 saturated heterocycles. The molecule has 0 aliphatic carbocycles. The first kappa shape index (κ1) is 18.7. The molecule has 0 unspecified atom stereocenters. The van der Waals surface area contributed by atoms with Gasteiger partial charge >= 0.3 is 5.97 Å². The summed E-state index contributed by atoms with van der Waals surface area (Å²) < 4.78 is 11.1. The normalized spacial score (nSPS) is 11.1. The highest BCUT2D eigenvalue weighted by molar-refractivity contribution is 6.30. The van der Waals surface area contributed by atoms with Crippen LogP contribution in [0.5, 0.6) is 5.75 Å². The molecule has 0 aliphatic rings. The van der Waals surface area contributed by atoms with Gasteiger partial charge in [-0.3, -0.25) is 4.79 Å². The summed E-state index contributed by atoms with van der Waals surface area (Å²) in [6.45, 7) is 0. The molecule has 0 spiro atoms. The Morgan fingerprint density at radius 2 is 1.69 bits per heavy atom. The van der Waals surface area contributed by atoms with Crippen molar-refractivity contribution < 1.29 is 13.9 Å². The minimum absolute atomic E-state index is 0.228. The van der Waals surface area contributed by atoms with Gasteiger partial charge in [0.05, 0.1) is 5.39 Å². The van der Waals surface area contributed by atoms with Crippen molar-refractivity contribution in [3.63, 3.8) is 0 Å². The van der Waals surface area contributed by atoms with E-state index in [1.807, 2.05) is 30.3 Å². The molecule has 0 amide bonds. The lowest BCUT2D eigenvalue weighted by Crippen LogP contribution is -2.05. The predicted molar refractivity (Wildman–Crippen MR) is 114 cm³/mol. The average molecular weight is 403 g/mol. The van der Waals surface area contributed by atoms with Crippen LogP contribution in [0.3, 0.4) is 0 Å². The number of carbonyl (C=O) groups excluding carboxylic acids is 1. The van der Waals surface area contributed by atoms with E-state index in [9.17, 15) is 9.59 Å². The quantitative estimate of drug-likeness (QED) is 0.248. The summed E-state index contributed by atoms with van der Waals surface area (Å²) in [5.74, 6) is 0.178. The fourth-order valence-electron chi connectivity index (χ4n) is 2.83. The van der Waals surface area contributed by atoms with E-state index in [1.165, 1.54) is 18.2 Å². The molecule has 3 aromatic carbocycles. The average Bonchev–Trinajstić information content (AvgIpc) is 2.74. The predicted octanol–water partition coefficient (Wildman–Crippen LogP) is 5.73. The van der Waals surface area contributed by atoms with Gasteiger partial charge in [0, 0.05) is 22.7 Å². The first-order valence-electron chi connectivity index (χ1n) is 8.87. The molecular formula is C24H15ClO4. The smallest absolute Gasteiger partial charge is 0.336 e. The van der Waals surface area contributed by atoms with Crippen LogP contribution in [0.2, 0.25) is 5.02 Å². The molecule has 4 rings (SSSR count). The van der Waals surface area contributed by atoms with E-state index < -0.39 is 5.97 Å². The van der Waals surface area contributed by atoms with Crippen molar-refractivity contribution in [2.24, 2.45) is 0 Å². The number of carbonyl (C=O) groups is 1. The Kier molecular flexibility index (Phi) is 5.27. The lowest BCUT2D eigenvalue weighted by Gasteiger charge is -2.06. The number of hydrogen-bond acceptors (Lipinski definition) is 4. The molecule has 0 radical (unpaired) electrons. The summed E-state index contributed by atoms with van der Waals surface area (Å²) in [5.41, 5.74) is 1.81. The summed E-state index contributed by atoms with van der Waals surface area (Å²) in [6.07, 6.45) is 3.00. The molecule has 0 saturated carbocycles. The second-order valence-corrected chi connectivity index (χ2v) is 6.74. The van der Waals surface area contributed by atoms with Crippen molar-refractivity contribution >= 4 is 34.6 Å². The Balaban J connectivity index is 1.58. The van der Waals surface area contributed by atoms with Crippen molar-refractivity contribution in [2.75, 3.05) is 0 Å². The van der Waals surface area contributed by atoms with Crippen LogP contribution in [0.15, 0.2) is 94.2 Å². The van der Waals surface area contributed by atoms with E-state index in [-0.39, 0.29) is 11.2 Å². The molecule has 4 aromatic rings. The van der Waals surface area contributed by atoms with Crippen molar-refractivity contribution in [3.8, 4) is 17.1 Å². The standard InChI is InChI=1S/C24H15ClO4/c25-18-9-7-17(8-10-18)23-15-21(26)20-14-19(11-12-22(20)29-23)28-24(27)13-6-16-4-2-1-3-5-16/h1-15H/b13-6+. The largest absolute Gasteiger partial charge is 0.456 e. The van der Waals surface area contributed by atoms with Gasteiger partial charge in [-0.15, -0.1) is 0 Å². The Labute approximate surface area is 171 Å². The highest BCUT2D eigenvalue weighted by Crippen LogP contribution is 2.25. The fourth-order valence-corrected chi connectivity index (χ4v) is 2.96. The van der Waals surface area contributed by atoms with E-state index >= 15 is 0 Å². The first-order valence-corrected chi connectivity index (χ1v) is 9.25. The number of fused-ring (bicyclic) bond motifs is 1. The van der Waals surface area contributed by atoms with Crippen molar-refractivity contribution in [2.45, 2.75) is 0 Å². The second-order valence-electron chi connectivity index (χ2n) is 6.30. The minimum Gasteiger partial charge on any atom is -0.456 e. The summed E-state index contributed by atoms with van der Waals surface area (Å²) in [4.78, 5) is 24.6. The van der Waals surface area contributed by atoms with Gasteiger partial charge < -0.3 is 9.15 Å². The summed E-state index contributed by atoms with van der Waals surface area (Å²) in [7, 11) is 0. The van der Waals surface area contributed by atoms with Crippen LogP contribution in [0.25, 0.3) is 28.4 Å². The van der Waals surface area contributed by atoms with E-state index in [4.69, 9.17) is 20.8 Å². The van der Waals surface area contributed by atoms with Crippen molar-refractivity contribution in [1.82, 2.24) is 0 Å². The maximum Gasteiger partial charge on any atom is 0.336 e. The van der Waals surface area contributed by atoms with Gasteiger partial charge in [-0.1, -0.05) is 41.9 Å². The van der Waals surface area contributed by atoms with Crippen LogP contribution in [-0.2, 0) is 4.79 Å². The van der Waals surface area contributed by atoms with Crippen LogP contribution < -0.4 is 10.2 Å². The van der Waals surface area contributed by atoms with Crippen LogP contribution in [0, 0.1) is 0 Å². The van der Waals surface area contributed by atoms with Gasteiger partial charge in [0.2, 0.25) is 0 Å². The Bertz CT molecular complexity index is 1260. The molecule has 0 aliphatic heterocycles. The zero-order chi connectivity index (χ0) is 20.2. The maximum atomic E-state index is 12.5. The van der Waals surface area contributed by atoms with Gasteiger partial charge in [-0.2, -0.15) is 0 Å². The molecular weight excluding hydrogens is 388 g/mol. The minimum atomic E-state index is -0.532. The van der Waals surface area contributed by atoms with E-state index in [0.717, 1.165) is 11.1 Å². The Morgan fingerprint density at radius 3 is 2.45 bits per heavy atom. The summed E-state index contributed by atoms with van der Waals surface area (Å²) in [6, 6.07) is 22.5. The SMILES string of the molecule is O=C(/C=C/c1ccccc1)Oc1ccc2oc(-c3ccc(Cl)cc3)cc(=O)c2c1. The third-order valence-corrected chi connectivity index (χ3v) is 4.51. The molecule has 5 heteroatoms. The van der Waals surface area contributed by atoms with Crippen LogP contribution in [0.1, 0.15) is 5.56 Å². The molecule has 0 fully saturated rings. The van der Waals surface area contributed by atoms with Gasteiger partial charge in [0.1, 0.15) is 17.1 Å². The maximum absolute atomic E-state index is 12.5. The van der Waals surface area contributed by atoms with Crippen molar-refractivity contribution in [3.05, 3.63) is 106 Å². The van der Waals surface area contributed by atoms with Gasteiger partial charge in [-0.05, 0) is 54.1 Å². The number of rotatable bonds is 4. The molecule has 29 heavy (non-hydrogen) atoms. The third-order valence-electron chi connectivity index (χ3n) is 4.26. The lowest BCUT2D eigenvalue weighted by atomic mass is 10.1. The number of halogens is 1. The topological polar surface area (TPSA) is 56.5 Å². The van der Waals surface area contributed by atoms with Gasteiger partial charge in [0.25, 0.3) is 0 Å². The van der Waals surface area contributed by atoms with Gasteiger partial charge in [0.15, 0.2) is 5.43 Å². The van der Waals surface area contributed by atoms with Gasteiger partial charge in [-0.25, -0.2) is 4.79 Å². The molecule has 4 nitrogen and oxygen atoms in total. The molecule has 142 valence electrons. The summed E-state index contributed by atoms with van der Waals surface area (Å²) in [5, 5.41) is 0.935. The zero-order valence-corrected chi connectivity index (χ0v) is 15.9.